The summed E-state index contributed by atoms with van der Waals surface area (Å²) in [5, 5.41) is 4.50. The predicted octanol–water partition coefficient (Wildman–Crippen LogP) is 3.00. The highest BCUT2D eigenvalue weighted by Gasteiger charge is 2.08. The summed E-state index contributed by atoms with van der Waals surface area (Å²) in [6.45, 7) is 1.01. The first-order valence-corrected chi connectivity index (χ1v) is 8.20. The number of nitrogens with two attached hydrogens (primary N) is 1. The zero-order valence-electron chi connectivity index (χ0n) is 9.08. The molecule has 1 heterocycles. The monoisotopic (exact) mass is 263 g/mol. The van der Waals surface area contributed by atoms with E-state index in [-0.39, 0.29) is 0 Å². The molecule has 1 rings (SSSR count). The third-order valence-corrected chi connectivity index (χ3v) is 4.41. The Morgan fingerprint density at radius 2 is 2.20 bits per heavy atom. The Kier molecular flexibility index (Phi) is 6.28. The van der Waals surface area contributed by atoms with Crippen LogP contribution in [-0.2, 0) is 0 Å². The topological polar surface area (TPSA) is 50.9 Å². The van der Waals surface area contributed by atoms with E-state index in [0.717, 1.165) is 16.4 Å². The lowest BCUT2D eigenvalue weighted by Crippen LogP contribution is -2.01. The van der Waals surface area contributed by atoms with Crippen molar-refractivity contribution in [2.75, 3.05) is 35.9 Å². The lowest BCUT2D eigenvalue weighted by Gasteiger charge is -2.04. The van der Waals surface area contributed by atoms with Gasteiger partial charge in [-0.15, -0.1) is 11.8 Å². The van der Waals surface area contributed by atoms with E-state index >= 15 is 0 Å². The normalized spacial score (nSPS) is 10.5. The van der Waals surface area contributed by atoms with Crippen LogP contribution in [0.2, 0.25) is 0 Å². The molecule has 0 saturated heterocycles. The summed E-state index contributed by atoms with van der Waals surface area (Å²) in [4.78, 5) is 1.09. The van der Waals surface area contributed by atoms with Crippen LogP contribution in [0.25, 0.3) is 0 Å². The van der Waals surface area contributed by atoms with Crippen molar-refractivity contribution in [3.63, 3.8) is 0 Å². The van der Waals surface area contributed by atoms with E-state index in [4.69, 9.17) is 5.73 Å². The molecule has 0 aliphatic carbocycles. The van der Waals surface area contributed by atoms with Crippen LogP contribution in [0, 0.1) is 0 Å². The second kappa shape index (κ2) is 7.24. The van der Waals surface area contributed by atoms with Crippen LogP contribution < -0.4 is 11.1 Å². The number of unbranched alkanes of at least 4 members (excludes halogenated alkanes) is 1. The molecule has 0 spiro atoms. The van der Waals surface area contributed by atoms with E-state index in [1.165, 1.54) is 30.1 Å². The molecule has 1 aromatic rings. The number of thioether (sulfide) groups is 2. The number of nitrogen functional groups attached to an aromatic ring is 1. The van der Waals surface area contributed by atoms with Crippen LogP contribution in [0.3, 0.4) is 0 Å². The first-order valence-electron chi connectivity index (χ1n) is 4.81. The van der Waals surface area contributed by atoms with Crippen molar-refractivity contribution >= 4 is 45.9 Å². The fraction of sp³-hybridized carbons (Fsp3) is 0.667. The van der Waals surface area contributed by atoms with Crippen molar-refractivity contribution in [2.24, 2.45) is 0 Å². The van der Waals surface area contributed by atoms with Crippen LogP contribution in [-0.4, -0.2) is 29.2 Å². The molecule has 3 nitrogen and oxygen atoms in total. The maximum absolute atomic E-state index is 5.74. The Labute approximate surface area is 104 Å². The summed E-state index contributed by atoms with van der Waals surface area (Å²) < 4.78 is 4.13. The Morgan fingerprint density at radius 3 is 2.87 bits per heavy atom. The smallest absolute Gasteiger partial charge is 0.153 e. The summed E-state index contributed by atoms with van der Waals surface area (Å²) in [6, 6.07) is 0. The van der Waals surface area contributed by atoms with E-state index in [0.29, 0.717) is 5.82 Å². The Morgan fingerprint density at radius 1 is 1.40 bits per heavy atom. The van der Waals surface area contributed by atoms with Crippen molar-refractivity contribution in [2.45, 2.75) is 17.7 Å². The zero-order valence-corrected chi connectivity index (χ0v) is 11.5. The summed E-state index contributed by atoms with van der Waals surface area (Å²) in [6.07, 6.45) is 6.63. The van der Waals surface area contributed by atoms with Gasteiger partial charge in [-0.25, -0.2) is 0 Å². The fourth-order valence-electron chi connectivity index (χ4n) is 1.18. The third kappa shape index (κ3) is 4.12. The molecule has 0 bridgehead atoms. The van der Waals surface area contributed by atoms with E-state index in [9.17, 15) is 0 Å². The van der Waals surface area contributed by atoms with Gasteiger partial charge in [-0.2, -0.15) is 16.1 Å². The van der Waals surface area contributed by atoms with E-state index in [1.54, 1.807) is 11.8 Å². The van der Waals surface area contributed by atoms with Gasteiger partial charge in [0.05, 0.1) is 4.90 Å². The lowest BCUT2D eigenvalue weighted by molar-refractivity contribution is 0.844. The summed E-state index contributed by atoms with van der Waals surface area (Å²) in [7, 11) is 0. The molecule has 3 N–H and O–H groups in total. The number of nitrogens with zero attached hydrogens (tertiary/aromatic N) is 1. The number of anilines is 2. The highest BCUT2D eigenvalue weighted by Crippen LogP contribution is 2.34. The number of hydrogen-bond acceptors (Lipinski definition) is 6. The molecule has 0 saturated carbocycles. The maximum Gasteiger partial charge on any atom is 0.153 e. The molecule has 0 fully saturated rings. The quantitative estimate of drug-likeness (QED) is 0.585. The van der Waals surface area contributed by atoms with Crippen LogP contribution in [0.4, 0.5) is 10.8 Å². The first-order chi connectivity index (χ1) is 7.29. The minimum Gasteiger partial charge on any atom is -0.382 e. The van der Waals surface area contributed by atoms with Crippen LogP contribution >= 0.6 is 35.1 Å². The van der Waals surface area contributed by atoms with E-state index in [1.807, 2.05) is 18.0 Å². The van der Waals surface area contributed by atoms with E-state index in [2.05, 4.69) is 15.9 Å². The highest BCUT2D eigenvalue weighted by atomic mass is 32.2. The van der Waals surface area contributed by atoms with Gasteiger partial charge in [-0.3, -0.25) is 0 Å². The molecule has 0 unspecified atom stereocenters. The van der Waals surface area contributed by atoms with Gasteiger partial charge >= 0.3 is 0 Å². The van der Waals surface area contributed by atoms with Gasteiger partial charge < -0.3 is 11.1 Å². The van der Waals surface area contributed by atoms with Crippen molar-refractivity contribution in [3.05, 3.63) is 0 Å². The third-order valence-electron chi connectivity index (χ3n) is 1.94. The summed E-state index contributed by atoms with van der Waals surface area (Å²) in [5.41, 5.74) is 5.74. The van der Waals surface area contributed by atoms with Gasteiger partial charge in [-0.1, -0.05) is 0 Å². The van der Waals surface area contributed by atoms with Crippen molar-refractivity contribution in [1.29, 1.82) is 0 Å². The lowest BCUT2D eigenvalue weighted by atomic mass is 10.3. The predicted molar refractivity (Wildman–Crippen MR) is 74.4 cm³/mol. The average Bonchev–Trinajstić information content (AvgIpc) is 2.59. The van der Waals surface area contributed by atoms with Gasteiger partial charge in [0.25, 0.3) is 0 Å². The molecule has 0 atom stereocenters. The molecule has 86 valence electrons. The van der Waals surface area contributed by atoms with Gasteiger partial charge in [0.1, 0.15) is 5.00 Å². The van der Waals surface area contributed by atoms with E-state index < -0.39 is 0 Å². The molecule has 0 aromatic carbocycles. The average molecular weight is 263 g/mol. The largest absolute Gasteiger partial charge is 0.382 e. The molecule has 0 aliphatic rings. The van der Waals surface area contributed by atoms with Gasteiger partial charge in [0.2, 0.25) is 0 Å². The molecular formula is C9H17N3S3. The van der Waals surface area contributed by atoms with Crippen LogP contribution in [0.1, 0.15) is 12.8 Å². The highest BCUT2D eigenvalue weighted by molar-refractivity contribution is 7.99. The molecule has 0 radical (unpaired) electrons. The Hall–Kier alpha value is -0.0700. The first kappa shape index (κ1) is 13.0. The minimum atomic E-state index is 0.652. The van der Waals surface area contributed by atoms with Crippen molar-refractivity contribution in [1.82, 2.24) is 4.37 Å². The number of hydrogen-bond donors (Lipinski definition) is 2. The molecule has 15 heavy (non-hydrogen) atoms. The molecule has 6 heteroatoms. The number of aromatic nitrogens is 1. The SMILES string of the molecule is CSCCCCNc1snc(N)c1SC. The summed E-state index contributed by atoms with van der Waals surface area (Å²) >= 11 is 5.00. The Bertz CT molecular complexity index is 288. The maximum atomic E-state index is 5.74. The van der Waals surface area contributed by atoms with Gasteiger partial charge in [0, 0.05) is 6.54 Å². The van der Waals surface area contributed by atoms with Crippen LogP contribution in [0.5, 0.6) is 0 Å². The molecule has 0 amide bonds. The van der Waals surface area contributed by atoms with Gasteiger partial charge in [-0.05, 0) is 42.6 Å². The second-order valence-electron chi connectivity index (χ2n) is 3.06. The number of rotatable bonds is 7. The van der Waals surface area contributed by atoms with Gasteiger partial charge in [0.15, 0.2) is 5.82 Å². The fourth-order valence-corrected chi connectivity index (χ4v) is 3.24. The molecule has 0 aliphatic heterocycles. The van der Waals surface area contributed by atoms with Crippen LogP contribution in [0.15, 0.2) is 4.90 Å². The minimum absolute atomic E-state index is 0.652. The Balaban J connectivity index is 2.30. The zero-order chi connectivity index (χ0) is 11.1. The summed E-state index contributed by atoms with van der Waals surface area (Å²) in [5.74, 6) is 1.89. The van der Waals surface area contributed by atoms with Crippen molar-refractivity contribution in [3.8, 4) is 0 Å². The standard InChI is InChI=1S/C9H17N3S3/c1-13-6-4-3-5-11-9-7(14-2)8(10)12-15-9/h11H,3-6H2,1-2H3,(H2,10,12). The van der Waals surface area contributed by atoms with Crippen molar-refractivity contribution < 1.29 is 0 Å². The second-order valence-corrected chi connectivity index (χ2v) is 5.63. The number of nitrogens with one attached hydrogen (secondary N) is 1. The molecular weight excluding hydrogens is 246 g/mol. The molecule has 1 aromatic heterocycles.